The van der Waals surface area contributed by atoms with Crippen LogP contribution in [0.1, 0.15) is 39.0 Å². The zero-order valence-electron chi connectivity index (χ0n) is 13.7. The van der Waals surface area contributed by atoms with Crippen molar-refractivity contribution >= 4 is 22.8 Å². The van der Waals surface area contributed by atoms with E-state index in [-0.39, 0.29) is 36.2 Å². The van der Waals surface area contributed by atoms with Crippen molar-refractivity contribution < 1.29 is 14.0 Å². The summed E-state index contributed by atoms with van der Waals surface area (Å²) in [6.45, 7) is 6.33. The number of amides is 2. The second-order valence-electron chi connectivity index (χ2n) is 6.46. The van der Waals surface area contributed by atoms with Gasteiger partial charge in [-0.15, -0.1) is 0 Å². The normalized spacial score (nSPS) is 19.6. The van der Waals surface area contributed by atoms with E-state index >= 15 is 0 Å². The lowest BCUT2D eigenvalue weighted by molar-refractivity contribution is -0.130. The highest BCUT2D eigenvalue weighted by atomic mass is 16.3. The van der Waals surface area contributed by atoms with E-state index in [1.165, 1.54) is 0 Å². The molecule has 2 atom stereocenters. The van der Waals surface area contributed by atoms with Crippen LogP contribution in [0, 0.1) is 5.92 Å². The van der Waals surface area contributed by atoms with Crippen molar-refractivity contribution in [2.24, 2.45) is 5.92 Å². The summed E-state index contributed by atoms with van der Waals surface area (Å²) in [7, 11) is 0. The van der Waals surface area contributed by atoms with Crippen LogP contribution in [0.25, 0.3) is 11.0 Å². The molecule has 1 aliphatic heterocycles. The minimum absolute atomic E-state index is 0.0524. The number of para-hydroxylation sites is 1. The SMILES string of the molecule is CC(C)N1C[C@@H](C(=O)N[C@@H](C)c2cc3ccccc3o2)CC1=O. The molecule has 2 heterocycles. The van der Waals surface area contributed by atoms with Gasteiger partial charge in [-0.25, -0.2) is 0 Å². The molecule has 2 amide bonds. The first kappa shape index (κ1) is 15.6. The zero-order chi connectivity index (χ0) is 16.6. The van der Waals surface area contributed by atoms with Crippen LogP contribution in [0.15, 0.2) is 34.7 Å². The molecule has 0 saturated carbocycles. The zero-order valence-corrected chi connectivity index (χ0v) is 13.7. The molecule has 1 saturated heterocycles. The minimum atomic E-state index is -0.281. The first-order chi connectivity index (χ1) is 11.0. The van der Waals surface area contributed by atoms with E-state index in [1.807, 2.05) is 51.1 Å². The van der Waals surface area contributed by atoms with Crippen molar-refractivity contribution in [1.29, 1.82) is 0 Å². The van der Waals surface area contributed by atoms with Crippen LogP contribution in [-0.2, 0) is 9.59 Å². The minimum Gasteiger partial charge on any atom is -0.459 e. The highest BCUT2D eigenvalue weighted by molar-refractivity contribution is 5.89. The summed E-state index contributed by atoms with van der Waals surface area (Å²) >= 11 is 0. The van der Waals surface area contributed by atoms with Crippen molar-refractivity contribution in [3.63, 3.8) is 0 Å². The average Bonchev–Trinajstić information content (AvgIpc) is 3.10. The summed E-state index contributed by atoms with van der Waals surface area (Å²) in [5, 5.41) is 3.99. The molecule has 122 valence electrons. The predicted molar refractivity (Wildman–Crippen MR) is 87.7 cm³/mol. The van der Waals surface area contributed by atoms with Gasteiger partial charge < -0.3 is 14.6 Å². The molecule has 1 N–H and O–H groups in total. The summed E-state index contributed by atoms with van der Waals surface area (Å²) in [6.07, 6.45) is 0.289. The van der Waals surface area contributed by atoms with Crippen molar-refractivity contribution in [3.05, 3.63) is 36.1 Å². The van der Waals surface area contributed by atoms with E-state index in [0.29, 0.717) is 6.54 Å². The Kier molecular flexibility index (Phi) is 4.11. The molecule has 0 bridgehead atoms. The number of nitrogens with zero attached hydrogens (tertiary/aromatic N) is 1. The molecule has 1 aromatic heterocycles. The number of hydrogen-bond donors (Lipinski definition) is 1. The Balaban J connectivity index is 1.67. The predicted octanol–water partition coefficient (Wildman–Crippen LogP) is 2.87. The van der Waals surface area contributed by atoms with Crippen LogP contribution >= 0.6 is 0 Å². The molecular formula is C18H22N2O3. The van der Waals surface area contributed by atoms with Gasteiger partial charge in [-0.3, -0.25) is 9.59 Å². The van der Waals surface area contributed by atoms with Gasteiger partial charge in [0.05, 0.1) is 12.0 Å². The van der Waals surface area contributed by atoms with E-state index < -0.39 is 0 Å². The molecular weight excluding hydrogens is 292 g/mol. The van der Waals surface area contributed by atoms with Crippen molar-refractivity contribution in [2.75, 3.05) is 6.54 Å². The van der Waals surface area contributed by atoms with Crippen LogP contribution in [-0.4, -0.2) is 29.3 Å². The van der Waals surface area contributed by atoms with Gasteiger partial charge in [0.1, 0.15) is 11.3 Å². The Morgan fingerprint density at radius 1 is 1.30 bits per heavy atom. The molecule has 5 nitrogen and oxygen atoms in total. The fourth-order valence-corrected chi connectivity index (χ4v) is 3.02. The number of furan rings is 1. The highest BCUT2D eigenvalue weighted by Crippen LogP contribution is 2.25. The molecule has 23 heavy (non-hydrogen) atoms. The van der Waals surface area contributed by atoms with Gasteiger partial charge >= 0.3 is 0 Å². The van der Waals surface area contributed by atoms with Crippen molar-refractivity contribution in [1.82, 2.24) is 10.2 Å². The second-order valence-corrected chi connectivity index (χ2v) is 6.46. The van der Waals surface area contributed by atoms with E-state index in [1.54, 1.807) is 4.90 Å². The number of carbonyl (C=O) groups excluding carboxylic acids is 2. The molecule has 1 aliphatic rings. The first-order valence-electron chi connectivity index (χ1n) is 8.04. The smallest absolute Gasteiger partial charge is 0.226 e. The van der Waals surface area contributed by atoms with Crippen LogP contribution < -0.4 is 5.32 Å². The van der Waals surface area contributed by atoms with Crippen LogP contribution in [0.4, 0.5) is 0 Å². The van der Waals surface area contributed by atoms with Gasteiger partial charge in [-0.1, -0.05) is 18.2 Å². The molecule has 3 rings (SSSR count). The summed E-state index contributed by atoms with van der Waals surface area (Å²) in [4.78, 5) is 26.1. The summed E-state index contributed by atoms with van der Waals surface area (Å²) < 4.78 is 5.78. The highest BCUT2D eigenvalue weighted by Gasteiger charge is 2.36. The van der Waals surface area contributed by atoms with Gasteiger partial charge in [-0.05, 0) is 32.9 Å². The van der Waals surface area contributed by atoms with E-state index in [4.69, 9.17) is 4.42 Å². The number of likely N-dealkylation sites (tertiary alicyclic amines) is 1. The fraction of sp³-hybridized carbons (Fsp3) is 0.444. The monoisotopic (exact) mass is 314 g/mol. The lowest BCUT2D eigenvalue weighted by Gasteiger charge is -2.21. The maximum atomic E-state index is 12.4. The fourth-order valence-electron chi connectivity index (χ4n) is 3.02. The second kappa shape index (κ2) is 6.07. The molecule has 2 aromatic rings. The van der Waals surface area contributed by atoms with Crippen LogP contribution in [0.3, 0.4) is 0 Å². The quantitative estimate of drug-likeness (QED) is 0.944. The maximum Gasteiger partial charge on any atom is 0.226 e. The molecule has 0 aliphatic carbocycles. The standard InChI is InChI=1S/C18H22N2O3/c1-11(2)20-10-14(9-17(20)21)18(22)19-12(3)16-8-13-6-4-5-7-15(13)23-16/h4-8,11-12,14H,9-10H2,1-3H3,(H,19,22)/t12-,14-/m0/s1. The van der Waals surface area contributed by atoms with Gasteiger partial charge in [0.25, 0.3) is 0 Å². The lowest BCUT2D eigenvalue weighted by atomic mass is 10.1. The molecule has 1 aromatic carbocycles. The Morgan fingerprint density at radius 2 is 2.04 bits per heavy atom. The first-order valence-corrected chi connectivity index (χ1v) is 8.04. The van der Waals surface area contributed by atoms with Crippen LogP contribution in [0.5, 0.6) is 0 Å². The van der Waals surface area contributed by atoms with E-state index in [2.05, 4.69) is 5.32 Å². The number of rotatable bonds is 4. The molecule has 0 unspecified atom stereocenters. The third kappa shape index (κ3) is 3.09. The van der Waals surface area contributed by atoms with E-state index in [0.717, 1.165) is 16.7 Å². The Labute approximate surface area is 135 Å². The van der Waals surface area contributed by atoms with E-state index in [9.17, 15) is 9.59 Å². The van der Waals surface area contributed by atoms with Gasteiger partial charge in [0, 0.05) is 24.4 Å². The Hall–Kier alpha value is -2.30. The number of fused-ring (bicyclic) bond motifs is 1. The topological polar surface area (TPSA) is 62.6 Å². The van der Waals surface area contributed by atoms with Crippen LogP contribution in [0.2, 0.25) is 0 Å². The number of carbonyl (C=O) groups is 2. The molecule has 5 heteroatoms. The molecule has 0 spiro atoms. The summed E-state index contributed by atoms with van der Waals surface area (Å²) in [6, 6.07) is 9.61. The van der Waals surface area contributed by atoms with Gasteiger partial charge in [0.15, 0.2) is 0 Å². The molecule has 1 fully saturated rings. The lowest BCUT2D eigenvalue weighted by Crippen LogP contribution is -2.36. The molecule has 0 radical (unpaired) electrons. The third-order valence-corrected chi connectivity index (χ3v) is 4.38. The largest absolute Gasteiger partial charge is 0.459 e. The van der Waals surface area contributed by atoms with Gasteiger partial charge in [-0.2, -0.15) is 0 Å². The summed E-state index contributed by atoms with van der Waals surface area (Å²) in [5.41, 5.74) is 0.811. The van der Waals surface area contributed by atoms with Crippen molar-refractivity contribution in [2.45, 2.75) is 39.3 Å². The Bertz CT molecular complexity index is 702. The van der Waals surface area contributed by atoms with Gasteiger partial charge in [0.2, 0.25) is 11.8 Å². The number of hydrogen-bond acceptors (Lipinski definition) is 3. The Morgan fingerprint density at radius 3 is 2.70 bits per heavy atom. The average molecular weight is 314 g/mol. The number of nitrogens with one attached hydrogen (secondary N) is 1. The number of benzene rings is 1. The van der Waals surface area contributed by atoms with Crippen molar-refractivity contribution in [3.8, 4) is 0 Å². The third-order valence-electron chi connectivity index (χ3n) is 4.38. The summed E-state index contributed by atoms with van der Waals surface area (Å²) in [5.74, 6) is 0.410. The maximum absolute atomic E-state index is 12.4.